The van der Waals surface area contributed by atoms with Crippen LogP contribution in [0.1, 0.15) is 36.0 Å². The van der Waals surface area contributed by atoms with Crippen molar-refractivity contribution < 1.29 is 0 Å². The van der Waals surface area contributed by atoms with Gasteiger partial charge in [0.2, 0.25) is 0 Å². The molecular weight excluding hydrogens is 487 g/mol. The second kappa shape index (κ2) is 10.2. The van der Waals surface area contributed by atoms with Gasteiger partial charge in [0, 0.05) is 23.4 Å². The number of benzene rings is 1. The summed E-state index contributed by atoms with van der Waals surface area (Å²) in [6.45, 7) is 5.75. The minimum atomic E-state index is 0. The molecular formula is C16H22BrIN4S. The summed E-state index contributed by atoms with van der Waals surface area (Å²) < 4.78 is 1.09. The summed E-state index contributed by atoms with van der Waals surface area (Å²) in [4.78, 5) is 8.85. The monoisotopic (exact) mass is 508 g/mol. The highest BCUT2D eigenvalue weighted by Gasteiger charge is 2.06. The number of halogens is 2. The molecule has 1 aromatic heterocycles. The molecule has 4 nitrogen and oxygen atoms in total. The van der Waals surface area contributed by atoms with E-state index in [0.29, 0.717) is 12.5 Å². The molecule has 23 heavy (non-hydrogen) atoms. The lowest BCUT2D eigenvalue weighted by atomic mass is 10.2. The van der Waals surface area contributed by atoms with Crippen LogP contribution in [0.25, 0.3) is 0 Å². The number of thiazole rings is 1. The van der Waals surface area contributed by atoms with Gasteiger partial charge in [0.05, 0.1) is 12.2 Å². The lowest BCUT2D eigenvalue weighted by Crippen LogP contribution is -2.36. The fraction of sp³-hybridized carbons (Fsp3) is 0.375. The maximum atomic E-state index is 4.61. The second-order valence-corrected chi connectivity index (χ2v) is 7.08. The highest BCUT2D eigenvalue weighted by molar-refractivity contribution is 14.0. The quantitative estimate of drug-likeness (QED) is 0.355. The zero-order chi connectivity index (χ0) is 15.9. The summed E-state index contributed by atoms with van der Waals surface area (Å²) >= 11 is 5.12. The molecule has 1 aromatic carbocycles. The lowest BCUT2D eigenvalue weighted by molar-refractivity contribution is 0.785. The van der Waals surface area contributed by atoms with Crippen molar-refractivity contribution in [2.75, 3.05) is 7.05 Å². The molecule has 0 aliphatic heterocycles. The molecule has 2 rings (SSSR count). The second-order valence-electron chi connectivity index (χ2n) is 5.23. The molecule has 2 N–H and O–H groups in total. The first-order valence-electron chi connectivity index (χ1n) is 7.21. The fourth-order valence-electron chi connectivity index (χ4n) is 1.84. The molecule has 126 valence electrons. The van der Waals surface area contributed by atoms with Gasteiger partial charge in [-0.05, 0) is 23.6 Å². The van der Waals surface area contributed by atoms with Crippen LogP contribution in [0.4, 0.5) is 0 Å². The van der Waals surface area contributed by atoms with Crippen LogP contribution in [0.2, 0.25) is 0 Å². The lowest BCUT2D eigenvalue weighted by Gasteiger charge is -2.11. The Bertz CT molecular complexity index is 625. The first-order chi connectivity index (χ1) is 10.6. The highest BCUT2D eigenvalue weighted by atomic mass is 127. The largest absolute Gasteiger partial charge is 0.352 e. The Hall–Kier alpha value is -0.670. The molecule has 1 heterocycles. The Morgan fingerprint density at radius 2 is 1.87 bits per heavy atom. The van der Waals surface area contributed by atoms with Crippen molar-refractivity contribution in [1.29, 1.82) is 0 Å². The third-order valence-electron chi connectivity index (χ3n) is 3.16. The van der Waals surface area contributed by atoms with Crippen molar-refractivity contribution in [3.8, 4) is 0 Å². The van der Waals surface area contributed by atoms with Crippen molar-refractivity contribution in [3.63, 3.8) is 0 Å². The highest BCUT2D eigenvalue weighted by Crippen LogP contribution is 2.17. The zero-order valence-corrected chi connectivity index (χ0v) is 18.2. The van der Waals surface area contributed by atoms with E-state index in [4.69, 9.17) is 0 Å². The average Bonchev–Trinajstić information content (AvgIpc) is 2.98. The topological polar surface area (TPSA) is 49.3 Å². The van der Waals surface area contributed by atoms with Gasteiger partial charge in [0.25, 0.3) is 0 Å². The van der Waals surface area contributed by atoms with E-state index in [2.05, 4.69) is 67.9 Å². The molecule has 0 unspecified atom stereocenters. The molecule has 0 atom stereocenters. The molecule has 0 spiro atoms. The number of hydrogen-bond donors (Lipinski definition) is 2. The van der Waals surface area contributed by atoms with Gasteiger partial charge in [-0.1, -0.05) is 41.9 Å². The number of aromatic nitrogens is 1. The third kappa shape index (κ3) is 6.76. The Morgan fingerprint density at radius 1 is 1.22 bits per heavy atom. The first kappa shape index (κ1) is 20.4. The minimum absolute atomic E-state index is 0. The molecule has 0 fully saturated rings. The third-order valence-corrected chi connectivity index (χ3v) is 4.56. The first-order valence-corrected chi connectivity index (χ1v) is 8.89. The minimum Gasteiger partial charge on any atom is -0.352 e. The number of rotatable bonds is 5. The van der Waals surface area contributed by atoms with Gasteiger partial charge < -0.3 is 10.6 Å². The summed E-state index contributed by atoms with van der Waals surface area (Å²) in [7, 11) is 1.78. The van der Waals surface area contributed by atoms with Crippen LogP contribution in [0, 0.1) is 0 Å². The number of nitrogens with zero attached hydrogens (tertiary/aromatic N) is 2. The predicted molar refractivity (Wildman–Crippen MR) is 113 cm³/mol. The number of nitrogens with one attached hydrogen (secondary N) is 2. The van der Waals surface area contributed by atoms with E-state index >= 15 is 0 Å². The van der Waals surface area contributed by atoms with Gasteiger partial charge in [-0.2, -0.15) is 0 Å². The summed E-state index contributed by atoms with van der Waals surface area (Å²) in [6.07, 6.45) is 0. The van der Waals surface area contributed by atoms with Crippen LogP contribution in [-0.2, 0) is 13.1 Å². The van der Waals surface area contributed by atoms with Crippen molar-refractivity contribution in [1.82, 2.24) is 15.6 Å². The van der Waals surface area contributed by atoms with Gasteiger partial charge in [-0.3, -0.25) is 4.99 Å². The van der Waals surface area contributed by atoms with Crippen molar-refractivity contribution in [3.05, 3.63) is 50.4 Å². The standard InChI is InChI=1S/C16H21BrN4S.HI/c1-11(2)14-10-22-15(21-14)9-20-16(18-3)19-8-12-4-6-13(17)7-5-12;/h4-7,10-11H,8-9H2,1-3H3,(H2,18,19,20);1H. The SMILES string of the molecule is CN=C(NCc1ccc(Br)cc1)NCc1nc(C(C)C)cs1.I. The van der Waals surface area contributed by atoms with E-state index < -0.39 is 0 Å². The van der Waals surface area contributed by atoms with Crippen LogP contribution >= 0.6 is 51.2 Å². The van der Waals surface area contributed by atoms with E-state index in [1.165, 1.54) is 5.56 Å². The van der Waals surface area contributed by atoms with Crippen LogP contribution < -0.4 is 10.6 Å². The molecule has 0 saturated heterocycles. The molecule has 0 aliphatic rings. The summed E-state index contributed by atoms with van der Waals surface area (Å²) in [5.74, 6) is 1.25. The van der Waals surface area contributed by atoms with Crippen molar-refractivity contribution in [2.24, 2.45) is 4.99 Å². The van der Waals surface area contributed by atoms with Crippen molar-refractivity contribution in [2.45, 2.75) is 32.9 Å². The van der Waals surface area contributed by atoms with Gasteiger partial charge in [-0.15, -0.1) is 35.3 Å². The maximum absolute atomic E-state index is 4.61. The Labute approximate surface area is 167 Å². The van der Waals surface area contributed by atoms with Crippen LogP contribution in [0.3, 0.4) is 0 Å². The van der Waals surface area contributed by atoms with Crippen LogP contribution in [-0.4, -0.2) is 18.0 Å². The predicted octanol–water partition coefficient (Wildman–Crippen LogP) is 4.51. The Balaban J connectivity index is 0.00000264. The zero-order valence-electron chi connectivity index (χ0n) is 13.5. The van der Waals surface area contributed by atoms with E-state index in [-0.39, 0.29) is 24.0 Å². The van der Waals surface area contributed by atoms with E-state index in [0.717, 1.165) is 27.7 Å². The molecule has 0 aliphatic carbocycles. The fourth-order valence-corrected chi connectivity index (χ4v) is 3.00. The van der Waals surface area contributed by atoms with E-state index in [9.17, 15) is 0 Å². The Kier molecular flexibility index (Phi) is 9.08. The van der Waals surface area contributed by atoms with Crippen molar-refractivity contribution >= 4 is 57.2 Å². The molecule has 0 radical (unpaired) electrons. The maximum Gasteiger partial charge on any atom is 0.191 e. The van der Waals surface area contributed by atoms with Gasteiger partial charge in [0.15, 0.2) is 5.96 Å². The van der Waals surface area contributed by atoms with Gasteiger partial charge in [-0.25, -0.2) is 4.98 Å². The average molecular weight is 509 g/mol. The smallest absolute Gasteiger partial charge is 0.191 e. The molecule has 0 amide bonds. The molecule has 7 heteroatoms. The Morgan fingerprint density at radius 3 is 2.43 bits per heavy atom. The van der Waals surface area contributed by atoms with Crippen LogP contribution in [0.15, 0.2) is 39.1 Å². The number of aliphatic imine (C=N–C) groups is 1. The summed E-state index contributed by atoms with van der Waals surface area (Å²) in [6, 6.07) is 8.24. The number of hydrogen-bond acceptors (Lipinski definition) is 3. The van der Waals surface area contributed by atoms with E-state index in [1.807, 2.05) is 12.1 Å². The van der Waals surface area contributed by atoms with Gasteiger partial charge >= 0.3 is 0 Å². The molecule has 0 bridgehead atoms. The van der Waals surface area contributed by atoms with Gasteiger partial charge in [0.1, 0.15) is 5.01 Å². The summed E-state index contributed by atoms with van der Waals surface area (Å²) in [5, 5.41) is 9.81. The van der Waals surface area contributed by atoms with Crippen LogP contribution in [0.5, 0.6) is 0 Å². The molecule has 2 aromatic rings. The summed E-state index contributed by atoms with van der Waals surface area (Å²) in [5.41, 5.74) is 2.36. The normalized spacial score (nSPS) is 11.3. The number of guanidine groups is 1. The van der Waals surface area contributed by atoms with E-state index in [1.54, 1.807) is 18.4 Å². The molecule has 0 saturated carbocycles.